The molecule has 4 saturated heterocycles. The lowest BCUT2D eigenvalue weighted by atomic mass is 9.84. The van der Waals surface area contributed by atoms with Crippen LogP contribution in [0, 0.1) is 23.7 Å². The largest absolute Gasteiger partial charge is 0.479 e. The van der Waals surface area contributed by atoms with Crippen LogP contribution in [0.3, 0.4) is 0 Å². The zero-order valence-corrected chi connectivity index (χ0v) is 31.6. The van der Waals surface area contributed by atoms with Gasteiger partial charge in [0.15, 0.2) is 37.4 Å². The Morgan fingerprint density at radius 2 is 1.13 bits per heavy atom. The number of aliphatic carboxylic acids is 2. The molecule has 4 fully saturated rings. The van der Waals surface area contributed by atoms with E-state index in [2.05, 4.69) is 5.32 Å². The van der Waals surface area contributed by atoms with Gasteiger partial charge in [0.05, 0.1) is 24.9 Å². The molecule has 8 N–H and O–H groups in total. The Balaban J connectivity index is 0.00000372. The van der Waals surface area contributed by atoms with Crippen molar-refractivity contribution in [3.05, 3.63) is 0 Å². The van der Waals surface area contributed by atoms with Crippen LogP contribution in [0.4, 0.5) is 0 Å². The standard InChI is InChI=1S/C32H53NO18.C2H6/c1-8-15-21(39)23(17(33-14(6)35)31(45-15)47-22-12(4)20(38)32(44-7)51-25(22)27(40)41)48-30-13(5)19(37)24(26(50-30)28(42)43)49-29-11(3)10(2)18(36)16(9-34)46-29;1-2/h10-13,15-26,29-32,34,36-39H,8-9H2,1-7H3,(H,33,35)(H,40,41)(H,42,43);1-2H3/t10-,11?,12-,13?,15?,16?,17?,18+,19-,20?,21-,22+,23-,24+,25?,26?,29+,30-,31+,32-;/m1./s1. The zero-order chi connectivity index (χ0) is 40.1. The van der Waals surface area contributed by atoms with Gasteiger partial charge in [-0.05, 0) is 12.3 Å². The molecule has 0 aliphatic carbocycles. The first-order valence-corrected chi connectivity index (χ1v) is 18.1. The fourth-order valence-electron chi connectivity index (χ4n) is 7.07. The van der Waals surface area contributed by atoms with Crippen molar-refractivity contribution in [3.8, 4) is 0 Å². The van der Waals surface area contributed by atoms with Crippen LogP contribution in [-0.2, 0) is 52.3 Å². The molecule has 1 amide bonds. The number of nitrogens with one attached hydrogen (secondary N) is 1. The number of carboxylic acids is 2. The van der Waals surface area contributed by atoms with Gasteiger partial charge in [-0.3, -0.25) is 4.79 Å². The third-order valence-corrected chi connectivity index (χ3v) is 10.5. The molecule has 0 aromatic heterocycles. The highest BCUT2D eigenvalue weighted by molar-refractivity contribution is 5.74. The lowest BCUT2D eigenvalue weighted by Crippen LogP contribution is -2.68. The fraction of sp³-hybridized carbons (Fsp3) is 0.912. The first kappa shape index (κ1) is 45.3. The van der Waals surface area contributed by atoms with Crippen LogP contribution in [-0.4, -0.2) is 166 Å². The molecule has 0 aromatic carbocycles. The van der Waals surface area contributed by atoms with Gasteiger partial charge in [0.25, 0.3) is 0 Å². The number of ether oxygens (including phenoxy) is 8. The van der Waals surface area contributed by atoms with Gasteiger partial charge in [0.2, 0.25) is 5.91 Å². The van der Waals surface area contributed by atoms with E-state index in [1.54, 1.807) is 20.8 Å². The SMILES string of the molecule is CC.CCC1O[C@@H](O[C@@H]2C(C(=O)O)O[C@@H](OC)C(O)[C@H]2C)C(NC(C)=O)[C@@H](O[C@@H]2OC(C(=O)O)[C@@H](O[C@@H]3OC(CO)[C@@H](O)[C@H](C)C3C)[C@H](O)C2C)[C@@H]1O. The van der Waals surface area contributed by atoms with Crippen molar-refractivity contribution in [1.29, 1.82) is 0 Å². The highest BCUT2D eigenvalue weighted by atomic mass is 16.8. The van der Waals surface area contributed by atoms with Gasteiger partial charge in [-0.15, -0.1) is 0 Å². The van der Waals surface area contributed by atoms with Gasteiger partial charge in [-0.25, -0.2) is 9.59 Å². The van der Waals surface area contributed by atoms with Crippen LogP contribution in [0.15, 0.2) is 0 Å². The smallest absolute Gasteiger partial charge is 0.335 e. The maximum absolute atomic E-state index is 12.5. The van der Waals surface area contributed by atoms with E-state index in [1.807, 2.05) is 13.8 Å². The summed E-state index contributed by atoms with van der Waals surface area (Å²) in [5.74, 6) is -6.37. The minimum Gasteiger partial charge on any atom is -0.479 e. The van der Waals surface area contributed by atoms with Crippen molar-refractivity contribution in [2.24, 2.45) is 23.7 Å². The van der Waals surface area contributed by atoms with Crippen LogP contribution < -0.4 is 5.32 Å². The van der Waals surface area contributed by atoms with Gasteiger partial charge in [-0.2, -0.15) is 0 Å². The Hall–Kier alpha value is -2.11. The topological polar surface area (TPSA) is 279 Å². The van der Waals surface area contributed by atoms with E-state index < -0.39 is 146 Å². The molecule has 0 spiro atoms. The molecule has 8 unspecified atom stereocenters. The number of aliphatic hydroxyl groups is 5. The molecule has 4 aliphatic rings. The van der Waals surface area contributed by atoms with E-state index in [4.69, 9.17) is 37.9 Å². The van der Waals surface area contributed by atoms with Gasteiger partial charge >= 0.3 is 11.9 Å². The fourth-order valence-corrected chi connectivity index (χ4v) is 7.07. The molecule has 4 rings (SSSR count). The summed E-state index contributed by atoms with van der Waals surface area (Å²) in [5, 5.41) is 76.5. The minimum atomic E-state index is -1.83. The molecule has 20 atom stereocenters. The van der Waals surface area contributed by atoms with E-state index >= 15 is 0 Å². The summed E-state index contributed by atoms with van der Waals surface area (Å²) in [5.41, 5.74) is 0. The maximum atomic E-state index is 12.5. The van der Waals surface area contributed by atoms with Crippen LogP contribution >= 0.6 is 0 Å². The van der Waals surface area contributed by atoms with Crippen LogP contribution in [0.1, 0.15) is 61.8 Å². The zero-order valence-electron chi connectivity index (χ0n) is 31.6. The van der Waals surface area contributed by atoms with Crippen molar-refractivity contribution in [2.75, 3.05) is 13.7 Å². The lowest BCUT2D eigenvalue weighted by Gasteiger charge is -2.50. The number of hydrogen-bond acceptors (Lipinski definition) is 16. The molecule has 0 radical (unpaired) electrons. The average molecular weight is 770 g/mol. The summed E-state index contributed by atoms with van der Waals surface area (Å²) >= 11 is 0. The van der Waals surface area contributed by atoms with E-state index in [0.717, 1.165) is 0 Å². The first-order chi connectivity index (χ1) is 25.0. The Morgan fingerprint density at radius 3 is 1.66 bits per heavy atom. The van der Waals surface area contributed by atoms with E-state index in [0.29, 0.717) is 0 Å². The molecule has 4 heterocycles. The number of amides is 1. The predicted molar refractivity (Wildman–Crippen MR) is 179 cm³/mol. The summed E-state index contributed by atoms with van der Waals surface area (Å²) in [6.07, 6.45) is -20.4. The number of carboxylic acid groups (broad SMARTS) is 2. The second-order valence-electron chi connectivity index (χ2n) is 13.9. The summed E-state index contributed by atoms with van der Waals surface area (Å²) in [4.78, 5) is 37.2. The second kappa shape index (κ2) is 19.7. The van der Waals surface area contributed by atoms with E-state index in [9.17, 15) is 50.1 Å². The Kier molecular flexibility index (Phi) is 16.8. The third kappa shape index (κ3) is 9.83. The predicted octanol–water partition coefficient (Wildman–Crippen LogP) is -1.22. The van der Waals surface area contributed by atoms with Crippen molar-refractivity contribution in [3.63, 3.8) is 0 Å². The molecule has 0 aromatic rings. The Morgan fingerprint density at radius 1 is 0.623 bits per heavy atom. The molecule has 0 bridgehead atoms. The summed E-state index contributed by atoms with van der Waals surface area (Å²) in [7, 11) is 1.24. The monoisotopic (exact) mass is 769 g/mol. The second-order valence-corrected chi connectivity index (χ2v) is 13.9. The highest BCUT2D eigenvalue weighted by Gasteiger charge is 2.56. The number of rotatable bonds is 12. The highest BCUT2D eigenvalue weighted by Crippen LogP contribution is 2.39. The van der Waals surface area contributed by atoms with Gasteiger partial charge in [-0.1, -0.05) is 48.5 Å². The van der Waals surface area contributed by atoms with Crippen molar-refractivity contribution < 1.29 is 88.0 Å². The van der Waals surface area contributed by atoms with Gasteiger partial charge in [0, 0.05) is 31.8 Å². The number of aliphatic hydroxyl groups excluding tert-OH is 5. The van der Waals surface area contributed by atoms with Gasteiger partial charge < -0.3 is 79.0 Å². The quantitative estimate of drug-likeness (QED) is 0.115. The van der Waals surface area contributed by atoms with E-state index in [-0.39, 0.29) is 6.42 Å². The Labute approximate surface area is 308 Å². The van der Waals surface area contributed by atoms with Crippen LogP contribution in [0.25, 0.3) is 0 Å². The molecule has 53 heavy (non-hydrogen) atoms. The van der Waals surface area contributed by atoms with Gasteiger partial charge in [0.1, 0.15) is 42.7 Å². The van der Waals surface area contributed by atoms with Crippen LogP contribution in [0.5, 0.6) is 0 Å². The molecule has 308 valence electrons. The third-order valence-electron chi connectivity index (χ3n) is 10.5. The van der Waals surface area contributed by atoms with E-state index in [1.165, 1.54) is 27.9 Å². The lowest BCUT2D eigenvalue weighted by molar-refractivity contribution is -0.361. The molecular formula is C34H59NO18. The molecule has 19 heteroatoms. The van der Waals surface area contributed by atoms with Crippen molar-refractivity contribution >= 4 is 17.8 Å². The summed E-state index contributed by atoms with van der Waals surface area (Å²) in [6.45, 7) is 12.8. The number of carbonyl (C=O) groups excluding carboxylic acids is 1. The normalized spacial score (nSPS) is 46.1. The molecule has 0 saturated carbocycles. The molecular weight excluding hydrogens is 710 g/mol. The first-order valence-electron chi connectivity index (χ1n) is 18.1. The number of carbonyl (C=O) groups is 3. The molecule has 19 nitrogen and oxygen atoms in total. The number of hydrogen-bond donors (Lipinski definition) is 8. The summed E-state index contributed by atoms with van der Waals surface area (Å²) < 4.78 is 46.5. The summed E-state index contributed by atoms with van der Waals surface area (Å²) in [6, 6.07) is -1.36. The maximum Gasteiger partial charge on any atom is 0.335 e. The minimum absolute atomic E-state index is 0.181. The number of methoxy groups -OCH3 is 1. The van der Waals surface area contributed by atoms with Crippen LogP contribution in [0.2, 0.25) is 0 Å². The van der Waals surface area contributed by atoms with Crippen molar-refractivity contribution in [2.45, 2.75) is 160 Å². The molecule has 4 aliphatic heterocycles. The van der Waals surface area contributed by atoms with Crippen molar-refractivity contribution in [1.82, 2.24) is 5.32 Å². The average Bonchev–Trinajstić information content (AvgIpc) is 3.12. The Bertz CT molecular complexity index is 1190.